The molecule has 0 aliphatic carbocycles. The second-order valence-corrected chi connectivity index (χ2v) is 6.74. The average Bonchev–Trinajstić information content (AvgIpc) is 3.31. The molecular formula is C20H20FN3O2. The van der Waals surface area contributed by atoms with E-state index in [0.29, 0.717) is 12.3 Å². The van der Waals surface area contributed by atoms with Gasteiger partial charge in [0.15, 0.2) is 5.76 Å². The average molecular weight is 353 g/mol. The van der Waals surface area contributed by atoms with E-state index < -0.39 is 0 Å². The predicted octanol–water partition coefficient (Wildman–Crippen LogP) is 4.14. The largest absolute Gasteiger partial charge is 0.459 e. The Morgan fingerprint density at radius 1 is 1.31 bits per heavy atom. The van der Waals surface area contributed by atoms with Crippen molar-refractivity contribution in [1.29, 1.82) is 0 Å². The molecule has 0 radical (unpaired) electrons. The number of halogens is 1. The van der Waals surface area contributed by atoms with Gasteiger partial charge in [-0.3, -0.25) is 9.89 Å². The number of hydrogen-bond acceptors (Lipinski definition) is 3. The summed E-state index contributed by atoms with van der Waals surface area (Å²) in [4.78, 5) is 14.5. The van der Waals surface area contributed by atoms with Crippen LogP contribution >= 0.6 is 0 Å². The summed E-state index contributed by atoms with van der Waals surface area (Å²) in [5, 5.41) is 7.44. The lowest BCUT2D eigenvalue weighted by Crippen LogP contribution is -2.39. The number of nitrogens with zero attached hydrogens (tertiary/aromatic N) is 2. The molecule has 1 saturated heterocycles. The van der Waals surface area contributed by atoms with Crippen LogP contribution in [0.4, 0.5) is 4.39 Å². The van der Waals surface area contributed by atoms with E-state index in [1.165, 1.54) is 12.1 Å². The smallest absolute Gasteiger partial charge is 0.289 e. The summed E-state index contributed by atoms with van der Waals surface area (Å²) in [6.07, 6.45) is 3.47. The van der Waals surface area contributed by atoms with Crippen molar-refractivity contribution in [3.05, 3.63) is 65.5 Å². The predicted molar refractivity (Wildman–Crippen MR) is 95.3 cm³/mol. The highest BCUT2D eigenvalue weighted by Crippen LogP contribution is 2.29. The summed E-state index contributed by atoms with van der Waals surface area (Å²) in [5.41, 5.74) is 3.50. The fraction of sp³-hybridized carbons (Fsp3) is 0.300. The summed E-state index contributed by atoms with van der Waals surface area (Å²) < 4.78 is 18.4. The zero-order valence-corrected chi connectivity index (χ0v) is 14.5. The molecule has 0 spiro atoms. The van der Waals surface area contributed by atoms with Crippen molar-refractivity contribution in [3.63, 3.8) is 0 Å². The molecule has 1 aliphatic heterocycles. The molecule has 26 heavy (non-hydrogen) atoms. The van der Waals surface area contributed by atoms with Crippen LogP contribution in [-0.2, 0) is 0 Å². The van der Waals surface area contributed by atoms with E-state index in [1.807, 2.05) is 17.9 Å². The maximum Gasteiger partial charge on any atom is 0.289 e. The van der Waals surface area contributed by atoms with Crippen LogP contribution < -0.4 is 0 Å². The quantitative estimate of drug-likeness (QED) is 0.770. The number of aryl methyl sites for hydroxylation is 1. The molecular weight excluding hydrogens is 333 g/mol. The molecule has 5 nitrogen and oxygen atoms in total. The van der Waals surface area contributed by atoms with Gasteiger partial charge in [0.05, 0.1) is 12.0 Å². The van der Waals surface area contributed by atoms with Crippen molar-refractivity contribution >= 4 is 5.91 Å². The minimum Gasteiger partial charge on any atom is -0.459 e. The number of carbonyl (C=O) groups is 1. The molecule has 1 N–H and O–H groups in total. The molecule has 134 valence electrons. The van der Waals surface area contributed by atoms with Gasteiger partial charge in [-0.15, -0.1) is 0 Å². The number of amides is 1. The van der Waals surface area contributed by atoms with Crippen LogP contribution in [0.1, 0.15) is 40.6 Å². The maximum atomic E-state index is 13.1. The minimum atomic E-state index is -0.265. The van der Waals surface area contributed by atoms with Gasteiger partial charge < -0.3 is 9.32 Å². The molecule has 2 aromatic heterocycles. The first-order chi connectivity index (χ1) is 12.6. The Balaban J connectivity index is 1.51. The van der Waals surface area contributed by atoms with Crippen LogP contribution in [0.2, 0.25) is 0 Å². The fourth-order valence-corrected chi connectivity index (χ4v) is 3.47. The Bertz CT molecular complexity index is 913. The summed E-state index contributed by atoms with van der Waals surface area (Å²) in [6.45, 7) is 3.24. The summed E-state index contributed by atoms with van der Waals surface area (Å²) in [5.74, 6) is 0.293. The summed E-state index contributed by atoms with van der Waals surface area (Å²) in [7, 11) is 0. The third-order valence-corrected chi connectivity index (χ3v) is 4.94. The van der Waals surface area contributed by atoms with Crippen LogP contribution in [0.15, 0.2) is 47.1 Å². The number of hydrogen-bond donors (Lipinski definition) is 1. The van der Waals surface area contributed by atoms with E-state index in [0.717, 1.165) is 41.9 Å². The molecule has 0 unspecified atom stereocenters. The first-order valence-electron chi connectivity index (χ1n) is 8.76. The van der Waals surface area contributed by atoms with Crippen molar-refractivity contribution in [2.24, 2.45) is 0 Å². The van der Waals surface area contributed by atoms with E-state index in [2.05, 4.69) is 10.2 Å². The molecule has 1 atom stereocenters. The number of H-pyrrole nitrogens is 1. The molecule has 0 saturated carbocycles. The molecule has 1 fully saturated rings. The van der Waals surface area contributed by atoms with Crippen molar-refractivity contribution in [1.82, 2.24) is 15.1 Å². The highest BCUT2D eigenvalue weighted by molar-refractivity contribution is 5.93. The van der Waals surface area contributed by atoms with Gasteiger partial charge >= 0.3 is 0 Å². The number of rotatable bonds is 3. The second-order valence-electron chi connectivity index (χ2n) is 6.74. The Hall–Kier alpha value is -2.89. The van der Waals surface area contributed by atoms with Gasteiger partial charge in [-0.25, -0.2) is 4.39 Å². The Labute approximate surface area is 150 Å². The minimum absolute atomic E-state index is 0.0597. The van der Waals surface area contributed by atoms with Crippen LogP contribution in [0.5, 0.6) is 0 Å². The summed E-state index contributed by atoms with van der Waals surface area (Å²) in [6, 6.07) is 10.1. The van der Waals surface area contributed by atoms with E-state index in [9.17, 15) is 9.18 Å². The Morgan fingerprint density at radius 2 is 2.12 bits per heavy atom. The maximum absolute atomic E-state index is 13.1. The number of carbonyl (C=O) groups excluding carboxylic acids is 1. The highest BCUT2D eigenvalue weighted by atomic mass is 19.1. The highest BCUT2D eigenvalue weighted by Gasteiger charge is 2.28. The molecule has 3 aromatic rings. The number of furan rings is 1. The molecule has 1 aliphatic rings. The Kier molecular flexibility index (Phi) is 4.32. The van der Waals surface area contributed by atoms with Crippen molar-refractivity contribution in [2.45, 2.75) is 25.7 Å². The van der Waals surface area contributed by atoms with Crippen LogP contribution in [-0.4, -0.2) is 34.1 Å². The van der Waals surface area contributed by atoms with Gasteiger partial charge in [0, 0.05) is 35.8 Å². The normalized spacial score (nSPS) is 17.5. The molecule has 3 heterocycles. The van der Waals surface area contributed by atoms with E-state index >= 15 is 0 Å². The number of benzene rings is 1. The first kappa shape index (κ1) is 16.6. The molecule has 6 heteroatoms. The SMILES string of the molecule is Cc1ccoc1C(=O)N1CCC[C@H](c2cc(-c3ccc(F)cc3)n[nH]2)C1. The zero-order chi connectivity index (χ0) is 18.1. The standard InChI is InChI=1S/C20H20FN3O2/c1-13-8-10-26-19(13)20(25)24-9-2-3-15(12-24)18-11-17(22-23-18)14-4-6-16(21)7-5-14/h4-8,10-11,15H,2-3,9,12H2,1H3,(H,22,23)/t15-/m0/s1. The second kappa shape index (κ2) is 6.78. The third-order valence-electron chi connectivity index (χ3n) is 4.94. The number of aromatic amines is 1. The van der Waals surface area contributed by atoms with Crippen LogP contribution in [0, 0.1) is 12.7 Å². The van der Waals surface area contributed by atoms with Gasteiger partial charge in [-0.1, -0.05) is 0 Å². The van der Waals surface area contributed by atoms with E-state index in [1.54, 1.807) is 24.5 Å². The zero-order valence-electron chi connectivity index (χ0n) is 14.5. The van der Waals surface area contributed by atoms with Gasteiger partial charge in [0.1, 0.15) is 5.82 Å². The monoisotopic (exact) mass is 353 g/mol. The van der Waals surface area contributed by atoms with Crippen molar-refractivity contribution in [2.75, 3.05) is 13.1 Å². The van der Waals surface area contributed by atoms with Gasteiger partial charge in [-0.2, -0.15) is 5.10 Å². The lowest BCUT2D eigenvalue weighted by atomic mass is 9.94. The van der Waals surface area contributed by atoms with E-state index in [4.69, 9.17) is 4.42 Å². The van der Waals surface area contributed by atoms with E-state index in [-0.39, 0.29) is 17.6 Å². The number of piperidine rings is 1. The van der Waals surface area contributed by atoms with Gasteiger partial charge in [0.25, 0.3) is 5.91 Å². The Morgan fingerprint density at radius 3 is 2.85 bits per heavy atom. The third kappa shape index (κ3) is 3.14. The number of nitrogens with one attached hydrogen (secondary N) is 1. The number of aromatic nitrogens is 2. The summed E-state index contributed by atoms with van der Waals surface area (Å²) >= 11 is 0. The first-order valence-corrected chi connectivity index (χ1v) is 8.76. The molecule has 0 bridgehead atoms. The molecule has 1 amide bonds. The lowest BCUT2D eigenvalue weighted by molar-refractivity contribution is 0.0672. The van der Waals surface area contributed by atoms with Crippen LogP contribution in [0.25, 0.3) is 11.3 Å². The molecule has 4 rings (SSSR count). The topological polar surface area (TPSA) is 62.1 Å². The van der Waals surface area contributed by atoms with Crippen molar-refractivity contribution < 1.29 is 13.6 Å². The van der Waals surface area contributed by atoms with Crippen molar-refractivity contribution in [3.8, 4) is 11.3 Å². The van der Waals surface area contributed by atoms with Gasteiger partial charge in [0.2, 0.25) is 0 Å². The molecule has 1 aromatic carbocycles. The van der Waals surface area contributed by atoms with Crippen LogP contribution in [0.3, 0.4) is 0 Å². The lowest BCUT2D eigenvalue weighted by Gasteiger charge is -2.31. The van der Waals surface area contributed by atoms with Gasteiger partial charge in [-0.05, 0) is 56.2 Å². The fourth-order valence-electron chi connectivity index (χ4n) is 3.47. The number of likely N-dealkylation sites (tertiary alicyclic amines) is 1.